The number of fused-ring (bicyclic) bond motifs is 4. The number of phenolic OH excluding ortho intramolecular Hbond substituents is 1. The van der Waals surface area contributed by atoms with Gasteiger partial charge in [-0.25, -0.2) is 13.6 Å². The highest BCUT2D eigenvalue weighted by molar-refractivity contribution is 6.34. The summed E-state index contributed by atoms with van der Waals surface area (Å²) in [5.41, 5.74) is 0.357. The lowest BCUT2D eigenvalue weighted by molar-refractivity contribution is -0.120. The van der Waals surface area contributed by atoms with E-state index in [-0.39, 0.29) is 87.4 Å². The minimum Gasteiger partial charge on any atom is -0.508 e. The van der Waals surface area contributed by atoms with Crippen molar-refractivity contribution in [2.75, 3.05) is 89.1 Å². The molecule has 16 nitrogen and oxygen atoms in total. The average molecular weight is 1030 g/mol. The molecule has 4 amide bonds. The summed E-state index contributed by atoms with van der Waals surface area (Å²) in [6, 6.07) is 10.5. The molecule has 0 spiro atoms. The fraction of sp³-hybridized carbons (Fsp3) is 0.491. The second-order valence-electron chi connectivity index (χ2n) is 21.2. The van der Waals surface area contributed by atoms with Gasteiger partial charge in [0.1, 0.15) is 28.6 Å². The molecule has 5 aliphatic heterocycles. The Labute approximate surface area is 433 Å². The number of methoxy groups -OCH3 is 1. The molecule has 6 aliphatic rings. The molecular formula is C55H60ClF2N9O7. The highest BCUT2D eigenvalue weighted by atomic mass is 35.5. The summed E-state index contributed by atoms with van der Waals surface area (Å²) < 4.78 is 51.2. The maximum absolute atomic E-state index is 17.2. The van der Waals surface area contributed by atoms with Crippen LogP contribution in [0.5, 0.6) is 11.8 Å². The Hall–Kier alpha value is -6.23. The molecule has 388 valence electrons. The number of piperidine rings is 2. The lowest BCUT2D eigenvalue weighted by Gasteiger charge is -2.41. The standard InChI is InChI=1S/C55H60ClF2N9O7/c1-3-39-43(57)9-5-34-24-38(68)26-40(46(34)39)48-47(58)49-41(27-59-48)50(66-28-36-6-7-37(29-66)60-36)63-52(62-49)74-31-54(14-15-54)30-64-21-16-55(72-2,17-22-64)32-73-23-13-33-10-18-65(19-11-33)51(70)35-4-8-42(56)44(25-35)67-20-12-45(69)61-53(67)71/h1,4-5,8-9,24-27,33,36-37,60,68H,6-7,10-23,28-32H2,2H3,(H,61,69,71). The highest BCUT2D eigenvalue weighted by Gasteiger charge is 2.47. The number of imide groups is 1. The number of hydrogen-bond donors (Lipinski definition) is 3. The number of carbonyl (C=O) groups excluding carboxylic acids is 3. The summed E-state index contributed by atoms with van der Waals surface area (Å²) >= 11 is 6.42. The van der Waals surface area contributed by atoms with Gasteiger partial charge in [-0.1, -0.05) is 23.6 Å². The number of likely N-dealkylation sites (tertiary alicyclic amines) is 2. The molecule has 19 heteroatoms. The van der Waals surface area contributed by atoms with Gasteiger partial charge in [0.15, 0.2) is 5.82 Å². The summed E-state index contributed by atoms with van der Waals surface area (Å²) in [6.45, 7) is 6.77. The number of amides is 4. The number of urea groups is 1. The molecule has 6 fully saturated rings. The molecule has 1 saturated carbocycles. The fourth-order valence-electron chi connectivity index (χ4n) is 11.7. The number of benzene rings is 3. The lowest BCUT2D eigenvalue weighted by Crippen LogP contribution is -2.51. The smallest absolute Gasteiger partial charge is 0.328 e. The minimum absolute atomic E-state index is 0.0190. The van der Waals surface area contributed by atoms with E-state index in [9.17, 15) is 19.5 Å². The van der Waals surface area contributed by atoms with Crippen molar-refractivity contribution in [3.63, 3.8) is 0 Å². The van der Waals surface area contributed by atoms with E-state index in [4.69, 9.17) is 42.2 Å². The van der Waals surface area contributed by atoms with Crippen molar-refractivity contribution < 1.29 is 42.5 Å². The van der Waals surface area contributed by atoms with E-state index in [1.165, 1.54) is 29.2 Å². The molecule has 1 aliphatic carbocycles. The first-order chi connectivity index (χ1) is 35.8. The van der Waals surface area contributed by atoms with Crippen molar-refractivity contribution in [3.05, 3.63) is 76.4 Å². The second kappa shape index (κ2) is 20.5. The lowest BCUT2D eigenvalue weighted by atomic mass is 9.91. The third kappa shape index (κ3) is 10.0. The number of ether oxygens (including phenoxy) is 3. The van der Waals surface area contributed by atoms with Gasteiger partial charge < -0.3 is 39.3 Å². The van der Waals surface area contributed by atoms with Crippen LogP contribution in [-0.2, 0) is 14.3 Å². The topological polar surface area (TPSA) is 175 Å². The van der Waals surface area contributed by atoms with Crippen LogP contribution in [0.4, 0.5) is 25.1 Å². The fourth-order valence-corrected chi connectivity index (χ4v) is 12.0. The van der Waals surface area contributed by atoms with E-state index >= 15 is 8.78 Å². The van der Waals surface area contributed by atoms with E-state index in [1.807, 2.05) is 4.90 Å². The number of terminal acetylenes is 1. The van der Waals surface area contributed by atoms with Crippen LogP contribution in [0.3, 0.4) is 0 Å². The van der Waals surface area contributed by atoms with Gasteiger partial charge in [-0.05, 0) is 105 Å². The first kappa shape index (κ1) is 50.0. The van der Waals surface area contributed by atoms with Crippen LogP contribution in [0.1, 0.15) is 80.1 Å². The predicted molar refractivity (Wildman–Crippen MR) is 276 cm³/mol. The van der Waals surface area contributed by atoms with E-state index < -0.39 is 17.7 Å². The van der Waals surface area contributed by atoms with E-state index in [1.54, 1.807) is 31.5 Å². The zero-order valence-corrected chi connectivity index (χ0v) is 42.2. The van der Waals surface area contributed by atoms with Crippen molar-refractivity contribution in [2.24, 2.45) is 11.3 Å². The summed E-state index contributed by atoms with van der Waals surface area (Å²) in [4.78, 5) is 59.8. The van der Waals surface area contributed by atoms with E-state index in [0.717, 1.165) is 77.4 Å². The molecule has 2 aromatic heterocycles. The molecule has 5 saturated heterocycles. The average Bonchev–Trinajstić information content (AvgIpc) is 4.09. The van der Waals surface area contributed by atoms with E-state index in [2.05, 4.69) is 31.3 Å². The van der Waals surface area contributed by atoms with Crippen LogP contribution < -0.4 is 25.2 Å². The van der Waals surface area contributed by atoms with Crippen molar-refractivity contribution in [1.82, 2.24) is 35.4 Å². The molecule has 11 rings (SSSR count). The zero-order valence-electron chi connectivity index (χ0n) is 41.4. The van der Waals surface area contributed by atoms with Gasteiger partial charge in [-0.15, -0.1) is 6.42 Å². The molecule has 5 aromatic rings. The number of aromatic hydroxyl groups is 1. The van der Waals surface area contributed by atoms with Crippen LogP contribution in [0.2, 0.25) is 5.02 Å². The van der Waals surface area contributed by atoms with Gasteiger partial charge in [0, 0.05) is 113 Å². The number of hydrogen-bond acceptors (Lipinski definition) is 13. The number of pyridine rings is 1. The number of anilines is 2. The molecule has 2 atom stereocenters. The Balaban J connectivity index is 0.695. The Morgan fingerprint density at radius 2 is 1.73 bits per heavy atom. The summed E-state index contributed by atoms with van der Waals surface area (Å²) in [5, 5.41) is 18.1. The first-order valence-corrected chi connectivity index (χ1v) is 26.2. The molecule has 7 heterocycles. The number of rotatable bonds is 15. The molecule has 0 radical (unpaired) electrons. The van der Waals surface area contributed by atoms with Crippen LogP contribution in [0, 0.1) is 35.3 Å². The van der Waals surface area contributed by atoms with Crippen molar-refractivity contribution in [1.29, 1.82) is 0 Å². The molecule has 3 aromatic carbocycles. The Kier molecular flexibility index (Phi) is 13.8. The Morgan fingerprint density at radius 1 is 0.959 bits per heavy atom. The summed E-state index contributed by atoms with van der Waals surface area (Å²) in [6.07, 6.45) is 15.7. The van der Waals surface area contributed by atoms with Crippen LogP contribution in [0.15, 0.2) is 48.7 Å². The summed E-state index contributed by atoms with van der Waals surface area (Å²) in [5.74, 6) is 1.39. The van der Waals surface area contributed by atoms with Crippen molar-refractivity contribution in [2.45, 2.75) is 81.9 Å². The zero-order chi connectivity index (χ0) is 51.3. The number of phenols is 1. The van der Waals surface area contributed by atoms with Crippen LogP contribution in [-0.4, -0.2) is 145 Å². The number of nitrogens with zero attached hydrogens (tertiary/aromatic N) is 7. The maximum Gasteiger partial charge on any atom is 0.328 e. The number of carbonyl (C=O) groups is 3. The monoisotopic (exact) mass is 1030 g/mol. The van der Waals surface area contributed by atoms with Gasteiger partial charge in [0.25, 0.3) is 5.91 Å². The number of aromatic nitrogens is 3. The SMILES string of the molecule is C#Cc1c(F)ccc2cc(O)cc(-c3ncc4c(N5CC6CCC(C5)N6)nc(OCC5(CN6CCC(COCCC7CCN(C(=O)c8ccc(Cl)c(N9CCC(=O)NC9=O)c8)CC7)(OC)CC6)CC5)nc4c3F)c12. The largest absolute Gasteiger partial charge is 0.508 e. The minimum atomic E-state index is -0.748. The van der Waals surface area contributed by atoms with Gasteiger partial charge in [-0.2, -0.15) is 9.97 Å². The molecule has 3 N–H and O–H groups in total. The van der Waals surface area contributed by atoms with E-state index in [0.29, 0.717) is 84.8 Å². The predicted octanol–water partition coefficient (Wildman–Crippen LogP) is 7.45. The summed E-state index contributed by atoms with van der Waals surface area (Å²) in [7, 11) is 1.76. The molecule has 2 bridgehead atoms. The number of piperazine rings is 1. The third-order valence-corrected chi connectivity index (χ3v) is 16.6. The second-order valence-corrected chi connectivity index (χ2v) is 21.6. The van der Waals surface area contributed by atoms with Gasteiger partial charge in [-0.3, -0.25) is 24.8 Å². The van der Waals surface area contributed by atoms with Crippen LogP contribution in [0.25, 0.3) is 32.9 Å². The molecule has 74 heavy (non-hydrogen) atoms. The number of nitrogens with one attached hydrogen (secondary N) is 2. The van der Waals surface area contributed by atoms with Gasteiger partial charge >= 0.3 is 12.0 Å². The van der Waals surface area contributed by atoms with Crippen LogP contribution >= 0.6 is 11.6 Å². The Morgan fingerprint density at radius 3 is 2.45 bits per heavy atom. The van der Waals surface area contributed by atoms with Crippen molar-refractivity contribution >= 4 is 62.6 Å². The maximum atomic E-state index is 17.2. The third-order valence-electron chi connectivity index (χ3n) is 16.3. The van der Waals surface area contributed by atoms with Crippen molar-refractivity contribution in [3.8, 4) is 35.4 Å². The normalized spacial score (nSPS) is 21.8. The molecular weight excluding hydrogens is 972 g/mol. The van der Waals surface area contributed by atoms with Gasteiger partial charge in [0.05, 0.1) is 40.5 Å². The quantitative estimate of drug-likeness (QED) is 0.0698. The number of halogens is 3. The highest BCUT2D eigenvalue weighted by Crippen LogP contribution is 2.48. The Bertz CT molecular complexity index is 3050. The van der Waals surface area contributed by atoms with Gasteiger partial charge in [0.2, 0.25) is 5.91 Å². The first-order valence-electron chi connectivity index (χ1n) is 25.8. The molecule has 2 unspecified atom stereocenters.